The Hall–Kier alpha value is -1.94. The van der Waals surface area contributed by atoms with E-state index in [0.29, 0.717) is 13.0 Å². The van der Waals surface area contributed by atoms with Crippen LogP contribution in [-0.4, -0.2) is 29.8 Å². The van der Waals surface area contributed by atoms with Gasteiger partial charge >= 0.3 is 0 Å². The predicted molar refractivity (Wildman–Crippen MR) is 80.5 cm³/mol. The summed E-state index contributed by atoms with van der Waals surface area (Å²) >= 11 is 0. The molecule has 1 fully saturated rings. The van der Waals surface area contributed by atoms with E-state index in [1.54, 1.807) is 13.1 Å². The highest BCUT2D eigenvalue weighted by Crippen LogP contribution is 2.32. The number of ether oxygens (including phenoxy) is 1. The minimum Gasteiger partial charge on any atom is -0.356 e. The first-order valence-electron chi connectivity index (χ1n) is 7.27. The summed E-state index contributed by atoms with van der Waals surface area (Å²) in [5.41, 5.74) is 1.17. The molecular weight excluding hydrogens is 266 g/mol. The van der Waals surface area contributed by atoms with Gasteiger partial charge in [-0.05, 0) is 31.4 Å². The smallest absolute Gasteiger partial charge is 0.144 e. The van der Waals surface area contributed by atoms with Gasteiger partial charge in [-0.25, -0.2) is 0 Å². The third-order valence-corrected chi connectivity index (χ3v) is 3.64. The SMILES string of the molecule is CC(=O)CCCC1OCC(c2ccccc2)N1/C=C/C=O. The Morgan fingerprint density at radius 2 is 2.14 bits per heavy atom. The van der Waals surface area contributed by atoms with E-state index in [1.807, 2.05) is 18.2 Å². The zero-order chi connectivity index (χ0) is 15.1. The topological polar surface area (TPSA) is 46.6 Å². The van der Waals surface area contributed by atoms with Crippen molar-refractivity contribution >= 4 is 12.1 Å². The van der Waals surface area contributed by atoms with Gasteiger partial charge in [0.25, 0.3) is 0 Å². The van der Waals surface area contributed by atoms with Crippen LogP contribution in [0.15, 0.2) is 42.6 Å². The highest BCUT2D eigenvalue weighted by atomic mass is 16.5. The van der Waals surface area contributed by atoms with Crippen molar-refractivity contribution in [3.8, 4) is 0 Å². The van der Waals surface area contributed by atoms with Crippen molar-refractivity contribution in [2.75, 3.05) is 6.61 Å². The van der Waals surface area contributed by atoms with Gasteiger partial charge in [-0.15, -0.1) is 0 Å². The molecule has 4 heteroatoms. The summed E-state index contributed by atoms with van der Waals surface area (Å²) in [6.07, 6.45) is 6.12. The molecule has 2 unspecified atom stereocenters. The van der Waals surface area contributed by atoms with E-state index in [2.05, 4.69) is 17.0 Å². The van der Waals surface area contributed by atoms with Crippen LogP contribution in [0.2, 0.25) is 0 Å². The van der Waals surface area contributed by atoms with E-state index in [-0.39, 0.29) is 18.1 Å². The van der Waals surface area contributed by atoms with Gasteiger partial charge in [-0.3, -0.25) is 4.79 Å². The lowest BCUT2D eigenvalue weighted by Gasteiger charge is -2.26. The Morgan fingerprint density at radius 3 is 2.81 bits per heavy atom. The minimum absolute atomic E-state index is 0.0780. The van der Waals surface area contributed by atoms with Gasteiger partial charge in [0.15, 0.2) is 0 Å². The number of hydrogen-bond donors (Lipinski definition) is 0. The summed E-state index contributed by atoms with van der Waals surface area (Å²) in [4.78, 5) is 23.7. The van der Waals surface area contributed by atoms with E-state index in [9.17, 15) is 9.59 Å². The first-order chi connectivity index (χ1) is 10.2. The molecule has 1 aromatic rings. The molecule has 1 heterocycles. The Labute approximate surface area is 125 Å². The Kier molecular flexibility index (Phi) is 5.69. The van der Waals surface area contributed by atoms with Gasteiger partial charge in [0.2, 0.25) is 0 Å². The van der Waals surface area contributed by atoms with E-state index >= 15 is 0 Å². The molecule has 0 saturated carbocycles. The number of hydrogen-bond acceptors (Lipinski definition) is 4. The molecule has 1 aliphatic rings. The Bertz CT molecular complexity index is 498. The molecular formula is C17H21NO3. The van der Waals surface area contributed by atoms with Gasteiger partial charge in [-0.1, -0.05) is 30.3 Å². The normalized spacial score (nSPS) is 21.9. The maximum absolute atomic E-state index is 11.0. The largest absolute Gasteiger partial charge is 0.356 e. The van der Waals surface area contributed by atoms with Crippen LogP contribution in [0.1, 0.15) is 37.8 Å². The number of allylic oxidation sites excluding steroid dienone is 1. The molecule has 0 aromatic heterocycles. The van der Waals surface area contributed by atoms with Crippen molar-refractivity contribution < 1.29 is 14.3 Å². The van der Waals surface area contributed by atoms with Crippen LogP contribution in [0.4, 0.5) is 0 Å². The molecule has 112 valence electrons. The minimum atomic E-state index is -0.0780. The number of benzene rings is 1. The molecule has 0 amide bonds. The van der Waals surface area contributed by atoms with Gasteiger partial charge in [0.05, 0.1) is 12.6 Å². The highest BCUT2D eigenvalue weighted by molar-refractivity contribution is 5.75. The van der Waals surface area contributed by atoms with Crippen molar-refractivity contribution in [2.24, 2.45) is 0 Å². The van der Waals surface area contributed by atoms with Crippen LogP contribution in [0, 0.1) is 0 Å². The number of Topliss-reactive ketones (excluding diaryl/α,β-unsaturated/α-hetero) is 1. The second kappa shape index (κ2) is 7.74. The number of nitrogens with zero attached hydrogens (tertiary/aromatic N) is 1. The van der Waals surface area contributed by atoms with Crippen molar-refractivity contribution in [2.45, 2.75) is 38.5 Å². The first kappa shape index (κ1) is 15.4. The number of rotatable bonds is 7. The molecule has 0 bridgehead atoms. The van der Waals surface area contributed by atoms with E-state index in [1.165, 1.54) is 11.6 Å². The van der Waals surface area contributed by atoms with Gasteiger partial charge in [0.1, 0.15) is 18.3 Å². The Balaban J connectivity index is 2.06. The number of carbonyl (C=O) groups excluding carboxylic acids is 2. The van der Waals surface area contributed by atoms with Crippen LogP contribution < -0.4 is 0 Å². The molecule has 2 atom stereocenters. The quantitative estimate of drug-likeness (QED) is 0.571. The number of ketones is 1. The van der Waals surface area contributed by atoms with Crippen LogP contribution >= 0.6 is 0 Å². The zero-order valence-electron chi connectivity index (χ0n) is 12.3. The van der Waals surface area contributed by atoms with E-state index < -0.39 is 0 Å². The molecule has 0 spiro atoms. The molecule has 21 heavy (non-hydrogen) atoms. The van der Waals surface area contributed by atoms with Crippen LogP contribution in [0.5, 0.6) is 0 Å². The average molecular weight is 287 g/mol. The third-order valence-electron chi connectivity index (χ3n) is 3.64. The van der Waals surface area contributed by atoms with Gasteiger partial charge in [0, 0.05) is 12.6 Å². The van der Waals surface area contributed by atoms with Crippen LogP contribution in [0.25, 0.3) is 0 Å². The van der Waals surface area contributed by atoms with Gasteiger partial charge in [-0.2, -0.15) is 0 Å². The lowest BCUT2D eigenvalue weighted by Crippen LogP contribution is -2.27. The average Bonchev–Trinajstić information content (AvgIpc) is 2.88. The molecule has 2 rings (SSSR count). The van der Waals surface area contributed by atoms with Crippen molar-refractivity contribution in [1.29, 1.82) is 0 Å². The fourth-order valence-electron chi connectivity index (χ4n) is 2.61. The molecule has 1 aromatic carbocycles. The van der Waals surface area contributed by atoms with Crippen molar-refractivity contribution in [3.63, 3.8) is 0 Å². The molecule has 0 N–H and O–H groups in total. The fraction of sp³-hybridized carbons (Fsp3) is 0.412. The zero-order valence-corrected chi connectivity index (χ0v) is 12.3. The third kappa shape index (κ3) is 4.26. The summed E-state index contributed by atoms with van der Waals surface area (Å²) < 4.78 is 5.86. The summed E-state index contributed by atoms with van der Waals surface area (Å²) in [5, 5.41) is 0. The number of carbonyl (C=O) groups is 2. The number of aldehydes is 1. The van der Waals surface area contributed by atoms with E-state index in [0.717, 1.165) is 19.1 Å². The molecule has 1 saturated heterocycles. The lowest BCUT2D eigenvalue weighted by molar-refractivity contribution is -0.117. The maximum Gasteiger partial charge on any atom is 0.144 e. The van der Waals surface area contributed by atoms with Crippen molar-refractivity contribution in [1.82, 2.24) is 4.90 Å². The summed E-state index contributed by atoms with van der Waals surface area (Å²) in [6.45, 7) is 2.20. The fourth-order valence-corrected chi connectivity index (χ4v) is 2.61. The van der Waals surface area contributed by atoms with Crippen LogP contribution in [-0.2, 0) is 14.3 Å². The monoisotopic (exact) mass is 287 g/mol. The lowest BCUT2D eigenvalue weighted by atomic mass is 10.1. The summed E-state index contributed by atoms with van der Waals surface area (Å²) in [7, 11) is 0. The van der Waals surface area contributed by atoms with Crippen LogP contribution in [0.3, 0.4) is 0 Å². The van der Waals surface area contributed by atoms with Gasteiger partial charge < -0.3 is 14.4 Å². The summed E-state index contributed by atoms with van der Waals surface area (Å²) in [5.74, 6) is 0.197. The molecule has 0 aliphatic carbocycles. The molecule has 0 radical (unpaired) electrons. The summed E-state index contributed by atoms with van der Waals surface area (Å²) in [6, 6.07) is 10.2. The van der Waals surface area contributed by atoms with E-state index in [4.69, 9.17) is 4.74 Å². The molecule has 4 nitrogen and oxygen atoms in total. The second-order valence-electron chi connectivity index (χ2n) is 5.23. The first-order valence-corrected chi connectivity index (χ1v) is 7.27. The highest BCUT2D eigenvalue weighted by Gasteiger charge is 2.32. The van der Waals surface area contributed by atoms with Crippen molar-refractivity contribution in [3.05, 3.63) is 48.2 Å². The molecule has 1 aliphatic heterocycles. The maximum atomic E-state index is 11.0. The standard InChI is InChI=1S/C17H21NO3/c1-14(20)7-5-10-17-18(11-6-12-19)16(13-21-17)15-8-3-2-4-9-15/h2-4,6,8-9,11-12,16-17H,5,7,10,13H2,1H3/b11-6+. The Morgan fingerprint density at radius 1 is 1.38 bits per heavy atom. The second-order valence-corrected chi connectivity index (χ2v) is 5.23. The predicted octanol–water partition coefficient (Wildman–Crippen LogP) is 2.86.